The highest BCUT2D eigenvalue weighted by Gasteiger charge is 2.40. The molecule has 1 atom stereocenters. The number of aryl methyl sites for hydroxylation is 1. The van der Waals surface area contributed by atoms with Crippen molar-refractivity contribution in [3.63, 3.8) is 0 Å². The van der Waals surface area contributed by atoms with Gasteiger partial charge in [0.2, 0.25) is 15.9 Å². The Kier molecular flexibility index (Phi) is 6.29. The van der Waals surface area contributed by atoms with Gasteiger partial charge in [0.05, 0.1) is 12.0 Å². The molecule has 0 bridgehead atoms. The van der Waals surface area contributed by atoms with E-state index in [9.17, 15) is 13.2 Å². The maximum absolute atomic E-state index is 13.3. The minimum Gasteiger partial charge on any atom is -0.497 e. The second-order valence-corrected chi connectivity index (χ2v) is 9.53. The minimum absolute atomic E-state index is 0.179. The van der Waals surface area contributed by atoms with Gasteiger partial charge in [0.1, 0.15) is 11.8 Å². The van der Waals surface area contributed by atoms with E-state index < -0.39 is 16.1 Å². The topological polar surface area (TPSA) is 75.7 Å². The predicted molar refractivity (Wildman–Crippen MR) is 114 cm³/mol. The number of nitrogens with one attached hydrogen (secondary N) is 1. The fourth-order valence-corrected chi connectivity index (χ4v) is 5.48. The van der Waals surface area contributed by atoms with Crippen molar-refractivity contribution in [1.29, 1.82) is 0 Å². The molecule has 3 rings (SSSR count). The summed E-state index contributed by atoms with van der Waals surface area (Å²) in [5.41, 5.74) is 2.48. The molecule has 2 aromatic rings. The Morgan fingerprint density at radius 1 is 1.17 bits per heavy atom. The van der Waals surface area contributed by atoms with Crippen molar-refractivity contribution in [2.24, 2.45) is 0 Å². The first-order valence-electron chi connectivity index (χ1n) is 9.81. The predicted octanol–water partition coefficient (Wildman–Crippen LogP) is 3.92. The van der Waals surface area contributed by atoms with Crippen molar-refractivity contribution in [3.05, 3.63) is 53.6 Å². The lowest BCUT2D eigenvalue weighted by Gasteiger charge is -2.24. The first-order valence-corrected chi connectivity index (χ1v) is 11.3. The number of ether oxygens (including phenoxy) is 1. The van der Waals surface area contributed by atoms with E-state index in [4.69, 9.17) is 4.74 Å². The number of nitrogens with zero attached hydrogens (tertiary/aromatic N) is 1. The molecule has 0 radical (unpaired) electrons. The molecular weight excluding hydrogens is 388 g/mol. The van der Waals surface area contributed by atoms with Crippen LogP contribution in [-0.2, 0) is 14.8 Å². The maximum atomic E-state index is 13.3. The Bertz CT molecular complexity index is 984. The Morgan fingerprint density at radius 2 is 1.86 bits per heavy atom. The Balaban J connectivity index is 1.82. The molecule has 7 heteroatoms. The van der Waals surface area contributed by atoms with Crippen LogP contribution >= 0.6 is 0 Å². The molecule has 0 saturated carbocycles. The molecule has 1 amide bonds. The second kappa shape index (κ2) is 8.55. The van der Waals surface area contributed by atoms with Crippen LogP contribution in [0, 0.1) is 6.92 Å². The summed E-state index contributed by atoms with van der Waals surface area (Å²) in [4.78, 5) is 13.1. The van der Waals surface area contributed by atoms with Gasteiger partial charge in [-0.05, 0) is 55.0 Å². The van der Waals surface area contributed by atoms with E-state index in [0.717, 1.165) is 0 Å². The summed E-state index contributed by atoms with van der Waals surface area (Å²) in [6.07, 6.45) is 1.14. The number of rotatable bonds is 6. The number of sulfonamides is 1. The summed E-state index contributed by atoms with van der Waals surface area (Å²) in [5, 5.41) is 2.87. The van der Waals surface area contributed by atoms with Crippen molar-refractivity contribution in [1.82, 2.24) is 4.31 Å². The molecule has 1 aliphatic heterocycles. The van der Waals surface area contributed by atoms with Crippen molar-refractivity contribution in [3.8, 4) is 5.75 Å². The maximum Gasteiger partial charge on any atom is 0.244 e. The summed E-state index contributed by atoms with van der Waals surface area (Å²) in [7, 11) is -2.32. The lowest BCUT2D eigenvalue weighted by molar-refractivity contribution is -0.119. The smallest absolute Gasteiger partial charge is 0.244 e. The molecule has 2 aromatic carbocycles. The van der Waals surface area contributed by atoms with Gasteiger partial charge in [0, 0.05) is 18.3 Å². The molecule has 1 saturated heterocycles. The fourth-order valence-electron chi connectivity index (χ4n) is 3.58. The number of amides is 1. The van der Waals surface area contributed by atoms with Crippen molar-refractivity contribution >= 4 is 21.6 Å². The van der Waals surface area contributed by atoms with E-state index in [2.05, 4.69) is 19.2 Å². The Labute approximate surface area is 172 Å². The highest BCUT2D eigenvalue weighted by molar-refractivity contribution is 7.89. The van der Waals surface area contributed by atoms with Crippen molar-refractivity contribution in [2.45, 2.75) is 50.5 Å². The zero-order valence-electron chi connectivity index (χ0n) is 17.3. The summed E-state index contributed by atoms with van der Waals surface area (Å²) in [6, 6.07) is 11.9. The first kappa shape index (κ1) is 21.3. The quantitative estimate of drug-likeness (QED) is 0.774. The normalized spacial score (nSPS) is 17.5. The molecule has 0 aromatic heterocycles. The average Bonchev–Trinajstić information content (AvgIpc) is 3.19. The van der Waals surface area contributed by atoms with E-state index >= 15 is 0 Å². The van der Waals surface area contributed by atoms with Gasteiger partial charge in [0.15, 0.2) is 0 Å². The van der Waals surface area contributed by atoms with Crippen LogP contribution in [0.15, 0.2) is 47.4 Å². The van der Waals surface area contributed by atoms with Gasteiger partial charge in [-0.15, -0.1) is 0 Å². The van der Waals surface area contributed by atoms with Crippen LogP contribution < -0.4 is 10.1 Å². The third kappa shape index (κ3) is 4.46. The van der Waals surface area contributed by atoms with Crippen molar-refractivity contribution < 1.29 is 17.9 Å². The number of carbonyl (C=O) groups is 1. The van der Waals surface area contributed by atoms with Crippen LogP contribution in [0.2, 0.25) is 0 Å². The summed E-state index contributed by atoms with van der Waals surface area (Å²) in [5.74, 6) is 0.574. The molecule has 0 spiro atoms. The van der Waals surface area contributed by atoms with Gasteiger partial charge < -0.3 is 10.1 Å². The van der Waals surface area contributed by atoms with Gasteiger partial charge in [-0.2, -0.15) is 4.31 Å². The van der Waals surface area contributed by atoms with Crippen LogP contribution in [0.1, 0.15) is 43.7 Å². The zero-order valence-corrected chi connectivity index (χ0v) is 18.1. The van der Waals surface area contributed by atoms with E-state index in [1.807, 2.05) is 24.3 Å². The van der Waals surface area contributed by atoms with Gasteiger partial charge in [-0.1, -0.05) is 32.0 Å². The minimum atomic E-state index is -3.81. The van der Waals surface area contributed by atoms with Gasteiger partial charge in [0.25, 0.3) is 0 Å². The number of hydrogen-bond acceptors (Lipinski definition) is 4. The standard InChI is InChI=1S/C22H28N2O4S/c1-15(2)17-8-10-18(11-9-17)23-22(25)20-6-5-13-24(20)29(26,27)21-14-19(28-4)12-7-16(21)3/h7-12,14-15,20H,5-6,13H2,1-4H3,(H,23,25)/t20-/m0/s1. The summed E-state index contributed by atoms with van der Waals surface area (Å²) < 4.78 is 33.1. The molecular formula is C22H28N2O4S. The number of benzene rings is 2. The SMILES string of the molecule is COc1ccc(C)c(S(=O)(=O)N2CCC[C@H]2C(=O)Nc2ccc(C(C)C)cc2)c1. The number of carbonyl (C=O) groups excluding carboxylic acids is 1. The monoisotopic (exact) mass is 416 g/mol. The molecule has 1 aliphatic rings. The lowest BCUT2D eigenvalue weighted by Crippen LogP contribution is -2.43. The van der Waals surface area contributed by atoms with E-state index in [-0.39, 0.29) is 10.8 Å². The fraction of sp³-hybridized carbons (Fsp3) is 0.409. The Hall–Kier alpha value is -2.38. The third-order valence-corrected chi connectivity index (χ3v) is 7.38. The summed E-state index contributed by atoms with van der Waals surface area (Å²) in [6.45, 7) is 6.28. The van der Waals surface area contributed by atoms with Gasteiger partial charge in [-0.3, -0.25) is 4.79 Å². The van der Waals surface area contributed by atoms with Crippen LogP contribution in [0.4, 0.5) is 5.69 Å². The molecule has 1 fully saturated rings. The van der Waals surface area contributed by atoms with Crippen LogP contribution in [0.3, 0.4) is 0 Å². The second-order valence-electron chi connectivity index (χ2n) is 7.67. The van der Waals surface area contributed by atoms with E-state index in [1.54, 1.807) is 19.1 Å². The van der Waals surface area contributed by atoms with E-state index in [0.29, 0.717) is 42.3 Å². The first-order chi connectivity index (χ1) is 13.7. The van der Waals surface area contributed by atoms with Gasteiger partial charge >= 0.3 is 0 Å². The summed E-state index contributed by atoms with van der Waals surface area (Å²) >= 11 is 0. The molecule has 1 heterocycles. The largest absolute Gasteiger partial charge is 0.497 e. The average molecular weight is 417 g/mol. The highest BCUT2D eigenvalue weighted by Crippen LogP contribution is 2.30. The molecule has 0 aliphatic carbocycles. The molecule has 6 nitrogen and oxygen atoms in total. The van der Waals surface area contributed by atoms with E-state index in [1.165, 1.54) is 23.0 Å². The molecule has 1 N–H and O–H groups in total. The number of anilines is 1. The molecule has 29 heavy (non-hydrogen) atoms. The number of hydrogen-bond donors (Lipinski definition) is 1. The van der Waals surface area contributed by atoms with Crippen LogP contribution in [-0.4, -0.2) is 38.3 Å². The van der Waals surface area contributed by atoms with Crippen LogP contribution in [0.25, 0.3) is 0 Å². The van der Waals surface area contributed by atoms with Crippen LogP contribution in [0.5, 0.6) is 5.75 Å². The third-order valence-electron chi connectivity index (χ3n) is 5.33. The highest BCUT2D eigenvalue weighted by atomic mass is 32.2. The zero-order chi connectivity index (χ0) is 21.2. The van der Waals surface area contributed by atoms with Crippen molar-refractivity contribution in [2.75, 3.05) is 19.0 Å². The van der Waals surface area contributed by atoms with Gasteiger partial charge in [-0.25, -0.2) is 8.42 Å². The molecule has 0 unspecified atom stereocenters. The molecule has 156 valence electrons. The number of methoxy groups -OCH3 is 1. The Morgan fingerprint density at radius 3 is 2.48 bits per heavy atom. The lowest BCUT2D eigenvalue weighted by atomic mass is 10.0.